The van der Waals surface area contributed by atoms with E-state index in [4.69, 9.17) is 4.74 Å². The SMILES string of the molecule is CC[C@H](C)NC(=O)[C@@H](Cc1ccccc1)N(Cc1ccc(Br)cc1)C(=O)COc1cc(C)c(Br)c(C)c1. The fraction of sp³-hybridized carbons (Fsp3) is 0.333. The van der Waals surface area contributed by atoms with E-state index in [9.17, 15) is 9.59 Å². The molecule has 37 heavy (non-hydrogen) atoms. The van der Waals surface area contributed by atoms with Crippen molar-refractivity contribution in [2.45, 2.75) is 59.2 Å². The minimum Gasteiger partial charge on any atom is -0.484 e. The average molecular weight is 630 g/mol. The van der Waals surface area contributed by atoms with Crippen molar-refractivity contribution in [2.24, 2.45) is 0 Å². The molecule has 0 aliphatic rings. The van der Waals surface area contributed by atoms with Gasteiger partial charge in [-0.3, -0.25) is 9.59 Å². The second-order valence-electron chi connectivity index (χ2n) is 9.33. The predicted molar refractivity (Wildman–Crippen MR) is 156 cm³/mol. The van der Waals surface area contributed by atoms with E-state index in [1.54, 1.807) is 4.90 Å². The number of carbonyl (C=O) groups is 2. The highest BCUT2D eigenvalue weighted by Gasteiger charge is 2.31. The van der Waals surface area contributed by atoms with Crippen LogP contribution in [-0.4, -0.2) is 35.4 Å². The van der Waals surface area contributed by atoms with E-state index < -0.39 is 6.04 Å². The molecule has 0 aliphatic carbocycles. The Bertz CT molecular complexity index is 1180. The molecule has 5 nitrogen and oxygen atoms in total. The van der Waals surface area contributed by atoms with Crippen LogP contribution >= 0.6 is 31.9 Å². The van der Waals surface area contributed by atoms with Crippen molar-refractivity contribution in [1.29, 1.82) is 0 Å². The molecule has 0 spiro atoms. The number of hydrogen-bond donors (Lipinski definition) is 1. The van der Waals surface area contributed by atoms with E-state index in [1.807, 2.05) is 94.4 Å². The van der Waals surface area contributed by atoms with Crippen molar-refractivity contribution >= 4 is 43.7 Å². The van der Waals surface area contributed by atoms with Crippen molar-refractivity contribution in [3.63, 3.8) is 0 Å². The lowest BCUT2D eigenvalue weighted by Gasteiger charge is -2.32. The zero-order valence-electron chi connectivity index (χ0n) is 21.8. The van der Waals surface area contributed by atoms with E-state index in [-0.39, 0.29) is 24.5 Å². The van der Waals surface area contributed by atoms with Gasteiger partial charge in [0.1, 0.15) is 11.8 Å². The first-order chi connectivity index (χ1) is 17.7. The van der Waals surface area contributed by atoms with E-state index in [2.05, 4.69) is 37.2 Å². The van der Waals surface area contributed by atoms with Crippen LogP contribution in [0.5, 0.6) is 5.75 Å². The van der Waals surface area contributed by atoms with Crippen molar-refractivity contribution in [2.75, 3.05) is 6.61 Å². The van der Waals surface area contributed by atoms with E-state index in [0.29, 0.717) is 18.7 Å². The van der Waals surface area contributed by atoms with Crippen LogP contribution < -0.4 is 10.1 Å². The Morgan fingerprint density at radius 3 is 2.16 bits per heavy atom. The molecule has 1 N–H and O–H groups in total. The Morgan fingerprint density at radius 2 is 1.57 bits per heavy atom. The first-order valence-corrected chi connectivity index (χ1v) is 14.0. The lowest BCUT2D eigenvalue weighted by molar-refractivity contribution is -0.143. The van der Waals surface area contributed by atoms with Crippen molar-refractivity contribution < 1.29 is 14.3 Å². The normalized spacial score (nSPS) is 12.5. The molecule has 196 valence electrons. The van der Waals surface area contributed by atoms with Gasteiger partial charge in [-0.05, 0) is 73.7 Å². The number of rotatable bonds is 11. The summed E-state index contributed by atoms with van der Waals surface area (Å²) in [7, 11) is 0. The van der Waals surface area contributed by atoms with Gasteiger partial charge < -0.3 is 15.0 Å². The Kier molecular flexibility index (Phi) is 10.8. The number of nitrogens with zero attached hydrogens (tertiary/aromatic N) is 1. The maximum atomic E-state index is 13.7. The Balaban J connectivity index is 1.92. The minimum absolute atomic E-state index is 0.000344. The number of halogens is 2. The van der Waals surface area contributed by atoms with Crippen LogP contribution in [0.4, 0.5) is 0 Å². The summed E-state index contributed by atoms with van der Waals surface area (Å²) in [5, 5.41) is 3.09. The van der Waals surface area contributed by atoms with Gasteiger partial charge in [-0.15, -0.1) is 0 Å². The lowest BCUT2D eigenvalue weighted by atomic mass is 10.0. The van der Waals surface area contributed by atoms with Gasteiger partial charge in [-0.25, -0.2) is 0 Å². The molecule has 0 radical (unpaired) electrons. The average Bonchev–Trinajstić information content (AvgIpc) is 2.89. The third-order valence-corrected chi connectivity index (χ3v) is 8.09. The maximum Gasteiger partial charge on any atom is 0.261 e. The monoisotopic (exact) mass is 628 g/mol. The van der Waals surface area contributed by atoms with Gasteiger partial charge >= 0.3 is 0 Å². The largest absolute Gasteiger partial charge is 0.484 e. The number of nitrogens with one attached hydrogen (secondary N) is 1. The highest BCUT2D eigenvalue weighted by atomic mass is 79.9. The molecule has 0 unspecified atom stereocenters. The summed E-state index contributed by atoms with van der Waals surface area (Å²) in [5.41, 5.74) is 3.98. The summed E-state index contributed by atoms with van der Waals surface area (Å²) in [6.45, 7) is 8.09. The molecule has 0 heterocycles. The van der Waals surface area contributed by atoms with Gasteiger partial charge in [0.2, 0.25) is 5.91 Å². The highest BCUT2D eigenvalue weighted by molar-refractivity contribution is 9.10. The maximum absolute atomic E-state index is 13.7. The molecule has 3 rings (SSSR count). The molecule has 0 fully saturated rings. The fourth-order valence-corrected chi connectivity index (χ4v) is 4.49. The van der Waals surface area contributed by atoms with Crippen LogP contribution in [0.3, 0.4) is 0 Å². The summed E-state index contributed by atoms with van der Waals surface area (Å²) in [6, 6.07) is 20.7. The molecular weight excluding hydrogens is 596 g/mol. The zero-order valence-corrected chi connectivity index (χ0v) is 24.9. The van der Waals surface area contributed by atoms with E-state index in [1.165, 1.54) is 0 Å². The lowest BCUT2D eigenvalue weighted by Crippen LogP contribution is -2.53. The first kappa shape index (κ1) is 28.9. The van der Waals surface area contributed by atoms with Crippen molar-refractivity contribution in [3.8, 4) is 5.75 Å². The molecule has 2 atom stereocenters. The van der Waals surface area contributed by atoms with Gasteiger partial charge in [-0.1, -0.05) is 81.2 Å². The topological polar surface area (TPSA) is 58.6 Å². The predicted octanol–water partition coefficient (Wildman–Crippen LogP) is 6.76. The second kappa shape index (κ2) is 13.8. The molecular formula is C30H34Br2N2O3. The van der Waals surface area contributed by atoms with Crippen LogP contribution in [0, 0.1) is 13.8 Å². The first-order valence-electron chi connectivity index (χ1n) is 12.5. The van der Waals surface area contributed by atoms with Crippen LogP contribution in [0.25, 0.3) is 0 Å². The Hall–Kier alpha value is -2.64. The molecule has 0 aliphatic heterocycles. The summed E-state index contributed by atoms with van der Waals surface area (Å²) < 4.78 is 7.93. The molecule has 0 saturated heterocycles. The Labute approximate surface area is 236 Å². The van der Waals surface area contributed by atoms with Crippen LogP contribution in [0.1, 0.15) is 42.5 Å². The molecule has 0 aromatic heterocycles. The van der Waals surface area contributed by atoms with Crippen LogP contribution in [0.2, 0.25) is 0 Å². The van der Waals surface area contributed by atoms with Gasteiger partial charge in [0, 0.05) is 28.0 Å². The number of amides is 2. The number of aryl methyl sites for hydroxylation is 2. The fourth-order valence-electron chi connectivity index (χ4n) is 4.00. The third kappa shape index (κ3) is 8.44. The van der Waals surface area contributed by atoms with Gasteiger partial charge in [0.05, 0.1) is 0 Å². The van der Waals surface area contributed by atoms with Crippen LogP contribution in [-0.2, 0) is 22.6 Å². The molecule has 2 amide bonds. The summed E-state index contributed by atoms with van der Waals surface area (Å²) >= 11 is 7.04. The third-order valence-electron chi connectivity index (χ3n) is 6.31. The van der Waals surface area contributed by atoms with Gasteiger partial charge in [-0.2, -0.15) is 0 Å². The van der Waals surface area contributed by atoms with Gasteiger partial charge in [0.25, 0.3) is 5.91 Å². The van der Waals surface area contributed by atoms with Crippen molar-refractivity contribution in [1.82, 2.24) is 10.2 Å². The van der Waals surface area contributed by atoms with Crippen LogP contribution in [0.15, 0.2) is 75.7 Å². The molecule has 3 aromatic rings. The minimum atomic E-state index is -0.690. The number of carbonyl (C=O) groups excluding carboxylic acids is 2. The van der Waals surface area contributed by atoms with E-state index >= 15 is 0 Å². The highest BCUT2D eigenvalue weighted by Crippen LogP contribution is 2.26. The number of hydrogen-bond acceptors (Lipinski definition) is 3. The van der Waals surface area contributed by atoms with Crippen molar-refractivity contribution in [3.05, 3.63) is 97.9 Å². The molecule has 7 heteroatoms. The van der Waals surface area contributed by atoms with Gasteiger partial charge in [0.15, 0.2) is 6.61 Å². The number of ether oxygens (including phenoxy) is 1. The second-order valence-corrected chi connectivity index (χ2v) is 11.0. The Morgan fingerprint density at radius 1 is 0.946 bits per heavy atom. The summed E-state index contributed by atoms with van der Waals surface area (Å²) in [5.74, 6) is 0.208. The summed E-state index contributed by atoms with van der Waals surface area (Å²) in [4.78, 5) is 28.9. The smallest absolute Gasteiger partial charge is 0.261 e. The molecule has 0 saturated carbocycles. The summed E-state index contributed by atoms with van der Waals surface area (Å²) in [6.07, 6.45) is 1.21. The quantitative estimate of drug-likeness (QED) is 0.255. The van der Waals surface area contributed by atoms with E-state index in [0.717, 1.165) is 37.6 Å². The molecule has 0 bridgehead atoms. The molecule has 3 aromatic carbocycles. The zero-order chi connectivity index (χ0) is 26.9. The standard InChI is InChI=1S/C30H34Br2N2O3/c1-5-22(4)33-30(36)27(17-23-9-7-6-8-10-23)34(18-24-11-13-25(31)14-12-24)28(35)19-37-26-15-20(2)29(32)21(3)16-26/h6-16,22,27H,5,17-19H2,1-4H3,(H,33,36)/t22-,27+/m0/s1. The number of benzene rings is 3.